The van der Waals surface area contributed by atoms with Gasteiger partial charge in [-0.1, -0.05) is 18.2 Å². The Bertz CT molecular complexity index is 851. The first-order valence-corrected chi connectivity index (χ1v) is 9.56. The Labute approximate surface area is 168 Å². The van der Waals surface area contributed by atoms with Crippen LogP contribution in [-0.4, -0.2) is 25.8 Å². The number of ether oxygens (including phenoxy) is 2. The second-order valence-corrected chi connectivity index (χ2v) is 7.19. The molecule has 7 heteroatoms. The first-order chi connectivity index (χ1) is 13.8. The molecule has 1 aliphatic carbocycles. The summed E-state index contributed by atoms with van der Waals surface area (Å²) in [4.78, 5) is 12.4. The SMILES string of the molecule is COc1ccc2c(c1)CCCC2CC(=O)NCc1cccc(OCC(F)(F)F)c1. The first kappa shape index (κ1) is 21.0. The molecule has 156 valence electrons. The Kier molecular flexibility index (Phi) is 6.67. The molecule has 29 heavy (non-hydrogen) atoms. The lowest BCUT2D eigenvalue weighted by atomic mass is 9.81. The molecule has 4 nitrogen and oxygen atoms in total. The van der Waals surface area contributed by atoms with Crippen LogP contribution in [0.15, 0.2) is 42.5 Å². The Hall–Kier alpha value is -2.70. The molecule has 1 unspecified atom stereocenters. The van der Waals surface area contributed by atoms with Crippen molar-refractivity contribution in [3.05, 3.63) is 59.2 Å². The van der Waals surface area contributed by atoms with Crippen LogP contribution in [0.3, 0.4) is 0 Å². The number of amides is 1. The van der Waals surface area contributed by atoms with Gasteiger partial charge in [0.05, 0.1) is 7.11 Å². The number of aryl methyl sites for hydroxylation is 1. The van der Waals surface area contributed by atoms with E-state index >= 15 is 0 Å². The Balaban J connectivity index is 1.55. The smallest absolute Gasteiger partial charge is 0.422 e. The van der Waals surface area contributed by atoms with Gasteiger partial charge in [-0.25, -0.2) is 0 Å². The molecule has 1 amide bonds. The summed E-state index contributed by atoms with van der Waals surface area (Å²) in [5.41, 5.74) is 3.10. The van der Waals surface area contributed by atoms with Gasteiger partial charge in [-0.05, 0) is 66.1 Å². The van der Waals surface area contributed by atoms with Gasteiger partial charge in [-0.3, -0.25) is 4.79 Å². The Morgan fingerprint density at radius 1 is 1.17 bits per heavy atom. The zero-order chi connectivity index (χ0) is 20.9. The standard InChI is InChI=1S/C22H24F3NO3/c1-28-18-8-9-20-16(11-18)5-3-6-17(20)12-21(27)26-13-15-4-2-7-19(10-15)29-14-22(23,24)25/h2,4,7-11,17H,3,5-6,12-14H2,1H3,(H,26,27). The minimum atomic E-state index is -4.38. The fraction of sp³-hybridized carbons (Fsp3) is 0.409. The number of hydrogen-bond acceptors (Lipinski definition) is 3. The third-order valence-electron chi connectivity index (χ3n) is 5.01. The highest BCUT2D eigenvalue weighted by molar-refractivity contribution is 5.77. The van der Waals surface area contributed by atoms with Crippen LogP contribution in [0.5, 0.6) is 11.5 Å². The maximum absolute atomic E-state index is 12.4. The predicted octanol–water partition coefficient (Wildman–Crippen LogP) is 4.76. The van der Waals surface area contributed by atoms with Crippen molar-refractivity contribution in [1.29, 1.82) is 0 Å². The lowest BCUT2D eigenvalue weighted by Crippen LogP contribution is -2.26. The van der Waals surface area contributed by atoms with Crippen LogP contribution in [-0.2, 0) is 17.8 Å². The number of benzene rings is 2. The number of hydrogen-bond donors (Lipinski definition) is 1. The second-order valence-electron chi connectivity index (χ2n) is 7.19. The van der Waals surface area contributed by atoms with Crippen molar-refractivity contribution in [3.8, 4) is 11.5 Å². The van der Waals surface area contributed by atoms with E-state index in [0.29, 0.717) is 12.0 Å². The molecule has 0 fully saturated rings. The van der Waals surface area contributed by atoms with Gasteiger partial charge in [0.15, 0.2) is 6.61 Å². The van der Waals surface area contributed by atoms with Crippen LogP contribution in [0.25, 0.3) is 0 Å². The summed E-state index contributed by atoms with van der Waals surface area (Å²) in [6.07, 6.45) is -1.05. The third-order valence-corrected chi connectivity index (χ3v) is 5.01. The molecule has 1 aliphatic rings. The highest BCUT2D eigenvalue weighted by Crippen LogP contribution is 2.35. The number of halogens is 3. The second kappa shape index (κ2) is 9.20. The van der Waals surface area contributed by atoms with Crippen LogP contribution in [0.4, 0.5) is 13.2 Å². The molecule has 0 spiro atoms. The number of carbonyl (C=O) groups excluding carboxylic acids is 1. The van der Waals surface area contributed by atoms with Gasteiger partial charge in [0.2, 0.25) is 5.91 Å². The number of nitrogens with one attached hydrogen (secondary N) is 1. The van der Waals surface area contributed by atoms with Crippen molar-refractivity contribution in [3.63, 3.8) is 0 Å². The van der Waals surface area contributed by atoms with E-state index < -0.39 is 12.8 Å². The molecule has 0 radical (unpaired) electrons. The van der Waals surface area contributed by atoms with Crippen molar-refractivity contribution in [2.75, 3.05) is 13.7 Å². The number of methoxy groups -OCH3 is 1. The van der Waals surface area contributed by atoms with E-state index in [0.717, 1.165) is 25.0 Å². The fourth-order valence-corrected chi connectivity index (χ4v) is 3.64. The Morgan fingerprint density at radius 3 is 2.76 bits per heavy atom. The molecular weight excluding hydrogens is 383 g/mol. The summed E-state index contributed by atoms with van der Waals surface area (Å²) in [5, 5.41) is 2.86. The first-order valence-electron chi connectivity index (χ1n) is 9.56. The molecule has 0 heterocycles. The lowest BCUT2D eigenvalue weighted by Gasteiger charge is -2.25. The molecule has 0 saturated carbocycles. The van der Waals surface area contributed by atoms with Gasteiger partial charge in [-0.15, -0.1) is 0 Å². The highest BCUT2D eigenvalue weighted by Gasteiger charge is 2.28. The van der Waals surface area contributed by atoms with Crippen LogP contribution in [0, 0.1) is 0 Å². The molecule has 1 N–H and O–H groups in total. The van der Waals surface area contributed by atoms with Gasteiger partial charge in [-0.2, -0.15) is 13.2 Å². The zero-order valence-corrected chi connectivity index (χ0v) is 16.2. The third kappa shape index (κ3) is 6.14. The quantitative estimate of drug-likeness (QED) is 0.720. The minimum absolute atomic E-state index is 0.0831. The maximum Gasteiger partial charge on any atom is 0.422 e. The largest absolute Gasteiger partial charge is 0.497 e. The van der Waals surface area contributed by atoms with E-state index in [1.807, 2.05) is 18.2 Å². The highest BCUT2D eigenvalue weighted by atomic mass is 19.4. The normalized spacial score (nSPS) is 16.1. The molecular formula is C22H24F3NO3. The van der Waals surface area contributed by atoms with Crippen LogP contribution < -0.4 is 14.8 Å². The summed E-state index contributed by atoms with van der Waals surface area (Å²) < 4.78 is 46.9. The zero-order valence-electron chi connectivity index (χ0n) is 16.2. The minimum Gasteiger partial charge on any atom is -0.497 e. The topological polar surface area (TPSA) is 47.6 Å². The number of alkyl halides is 3. The van der Waals surface area contributed by atoms with Crippen molar-refractivity contribution in [2.24, 2.45) is 0 Å². The van der Waals surface area contributed by atoms with Gasteiger partial charge in [0.25, 0.3) is 0 Å². The number of rotatable bonds is 7. The van der Waals surface area contributed by atoms with E-state index in [4.69, 9.17) is 9.47 Å². The molecule has 0 aromatic heterocycles. The summed E-state index contributed by atoms with van der Waals surface area (Å²) in [5.74, 6) is 1.03. The van der Waals surface area contributed by atoms with Gasteiger partial charge < -0.3 is 14.8 Å². The average molecular weight is 407 g/mol. The molecule has 0 saturated heterocycles. The van der Waals surface area contributed by atoms with Gasteiger partial charge in [0.1, 0.15) is 11.5 Å². The maximum atomic E-state index is 12.4. The van der Waals surface area contributed by atoms with E-state index in [1.165, 1.54) is 23.3 Å². The summed E-state index contributed by atoms with van der Waals surface area (Å²) in [6, 6.07) is 12.3. The van der Waals surface area contributed by atoms with Crippen molar-refractivity contribution in [1.82, 2.24) is 5.32 Å². The Morgan fingerprint density at radius 2 is 2.00 bits per heavy atom. The van der Waals surface area contributed by atoms with E-state index in [9.17, 15) is 18.0 Å². The molecule has 3 rings (SSSR count). The lowest BCUT2D eigenvalue weighted by molar-refractivity contribution is -0.153. The fourth-order valence-electron chi connectivity index (χ4n) is 3.64. The summed E-state index contributed by atoms with van der Waals surface area (Å²) in [6.45, 7) is -1.10. The predicted molar refractivity (Wildman–Crippen MR) is 103 cm³/mol. The number of carbonyl (C=O) groups is 1. The van der Waals surface area contributed by atoms with E-state index in [1.54, 1.807) is 19.2 Å². The molecule has 0 bridgehead atoms. The van der Waals surface area contributed by atoms with Gasteiger partial charge >= 0.3 is 6.18 Å². The molecule has 2 aromatic rings. The molecule has 1 atom stereocenters. The summed E-state index contributed by atoms with van der Waals surface area (Å²) in [7, 11) is 1.64. The van der Waals surface area contributed by atoms with Crippen LogP contribution >= 0.6 is 0 Å². The number of fused-ring (bicyclic) bond motifs is 1. The van der Waals surface area contributed by atoms with E-state index in [2.05, 4.69) is 5.32 Å². The van der Waals surface area contributed by atoms with Gasteiger partial charge in [0, 0.05) is 13.0 Å². The average Bonchev–Trinajstić information content (AvgIpc) is 2.70. The molecule has 0 aliphatic heterocycles. The molecule has 2 aromatic carbocycles. The van der Waals surface area contributed by atoms with E-state index in [-0.39, 0.29) is 24.1 Å². The van der Waals surface area contributed by atoms with Crippen LogP contribution in [0.1, 0.15) is 41.9 Å². The van der Waals surface area contributed by atoms with Crippen molar-refractivity contribution >= 4 is 5.91 Å². The summed E-state index contributed by atoms with van der Waals surface area (Å²) >= 11 is 0. The van der Waals surface area contributed by atoms with Crippen molar-refractivity contribution in [2.45, 2.75) is 44.3 Å². The monoisotopic (exact) mass is 407 g/mol. The van der Waals surface area contributed by atoms with Crippen molar-refractivity contribution < 1.29 is 27.4 Å². The van der Waals surface area contributed by atoms with Crippen LogP contribution in [0.2, 0.25) is 0 Å².